The van der Waals surface area contributed by atoms with Gasteiger partial charge in [-0.05, 0) is 87.4 Å². The van der Waals surface area contributed by atoms with Gasteiger partial charge in [-0.1, -0.05) is 103 Å². The normalized spacial score (nSPS) is 11.3. The van der Waals surface area contributed by atoms with Crippen LogP contribution in [0, 0.1) is 0 Å². The van der Waals surface area contributed by atoms with Gasteiger partial charge in [0.25, 0.3) is 0 Å². The van der Waals surface area contributed by atoms with E-state index in [1.165, 1.54) is 0 Å². The molecule has 4 nitrogen and oxygen atoms in total. The van der Waals surface area contributed by atoms with E-state index in [1.807, 2.05) is 66.7 Å². The van der Waals surface area contributed by atoms with Crippen LogP contribution in [0.1, 0.15) is 0 Å². The van der Waals surface area contributed by atoms with Gasteiger partial charge < -0.3 is 4.42 Å². The highest BCUT2D eigenvalue weighted by atomic mass is 35.5. The van der Waals surface area contributed by atoms with Crippen LogP contribution in [0.2, 0.25) is 5.28 Å². The molecule has 0 bridgehead atoms. The van der Waals surface area contributed by atoms with Crippen LogP contribution in [-0.4, -0.2) is 15.0 Å². The van der Waals surface area contributed by atoms with E-state index in [-0.39, 0.29) is 5.28 Å². The third kappa shape index (κ3) is 4.91. The molecule has 0 saturated carbocycles. The molecule has 0 amide bonds. The molecule has 0 aliphatic carbocycles. The molecule has 0 aliphatic rings. The second-order valence-corrected chi connectivity index (χ2v) is 11.0. The molecule has 0 N–H and O–H groups in total. The molecule has 8 rings (SSSR count). The summed E-state index contributed by atoms with van der Waals surface area (Å²) < 4.78 is 6.35. The van der Waals surface area contributed by atoms with E-state index in [0.29, 0.717) is 11.6 Å². The van der Waals surface area contributed by atoms with Crippen LogP contribution >= 0.6 is 11.6 Å². The number of benzene rings is 6. The van der Waals surface area contributed by atoms with Gasteiger partial charge in [-0.15, -0.1) is 0 Å². The largest absolute Gasteiger partial charge is 0.456 e. The molecule has 2 aromatic heterocycles. The molecule has 0 spiro atoms. The fraction of sp³-hybridized carbons (Fsp3) is 0. The lowest BCUT2D eigenvalue weighted by Crippen LogP contribution is -1.98. The Morgan fingerprint density at radius 3 is 1.34 bits per heavy atom. The summed E-state index contributed by atoms with van der Waals surface area (Å²) in [7, 11) is 0. The van der Waals surface area contributed by atoms with Gasteiger partial charge in [-0.3, -0.25) is 0 Å². The molecule has 0 unspecified atom stereocenters. The summed E-state index contributed by atoms with van der Waals surface area (Å²) in [6.07, 6.45) is 0. The van der Waals surface area contributed by atoms with Crippen molar-refractivity contribution in [3.8, 4) is 56.2 Å². The van der Waals surface area contributed by atoms with Crippen molar-refractivity contribution < 1.29 is 4.42 Å². The molecular weight excluding hydrogens is 562 g/mol. The fourth-order valence-corrected chi connectivity index (χ4v) is 5.85. The maximum atomic E-state index is 6.54. The van der Waals surface area contributed by atoms with Crippen LogP contribution in [-0.2, 0) is 0 Å². The molecular formula is C39H24ClN3O. The van der Waals surface area contributed by atoms with Gasteiger partial charge in [0, 0.05) is 21.9 Å². The van der Waals surface area contributed by atoms with Crippen LogP contribution in [0.3, 0.4) is 0 Å². The summed E-state index contributed by atoms with van der Waals surface area (Å²) in [5, 5.41) is 2.23. The first-order valence-corrected chi connectivity index (χ1v) is 14.8. The van der Waals surface area contributed by atoms with E-state index in [9.17, 15) is 0 Å². The lowest BCUT2D eigenvalue weighted by atomic mass is 9.96. The molecule has 0 saturated heterocycles. The second kappa shape index (κ2) is 10.9. The molecule has 8 aromatic rings. The highest BCUT2D eigenvalue weighted by Crippen LogP contribution is 2.36. The first kappa shape index (κ1) is 26.1. The zero-order chi connectivity index (χ0) is 29.5. The van der Waals surface area contributed by atoms with E-state index >= 15 is 0 Å². The third-order valence-corrected chi connectivity index (χ3v) is 8.02. The maximum Gasteiger partial charge on any atom is 0.226 e. The number of nitrogens with zero attached hydrogens (tertiary/aromatic N) is 3. The maximum absolute atomic E-state index is 6.54. The Balaban J connectivity index is 1.23. The number of aromatic nitrogens is 3. The van der Waals surface area contributed by atoms with Gasteiger partial charge in [0.2, 0.25) is 5.28 Å². The smallest absolute Gasteiger partial charge is 0.226 e. The van der Waals surface area contributed by atoms with Crippen molar-refractivity contribution in [3.63, 3.8) is 0 Å². The Kier molecular flexibility index (Phi) is 6.47. The number of rotatable bonds is 5. The molecule has 2 heterocycles. The van der Waals surface area contributed by atoms with Crippen molar-refractivity contribution in [1.29, 1.82) is 0 Å². The van der Waals surface area contributed by atoms with Gasteiger partial charge >= 0.3 is 0 Å². The van der Waals surface area contributed by atoms with Crippen LogP contribution in [0.25, 0.3) is 78.1 Å². The highest BCUT2D eigenvalue weighted by Gasteiger charge is 2.15. The number of furan rings is 1. The Hall–Kier alpha value is -5.58. The van der Waals surface area contributed by atoms with Crippen molar-refractivity contribution in [2.45, 2.75) is 0 Å². The van der Waals surface area contributed by atoms with Crippen LogP contribution in [0.4, 0.5) is 0 Å². The van der Waals surface area contributed by atoms with E-state index in [2.05, 4.69) is 88.8 Å². The second-order valence-electron chi connectivity index (χ2n) is 10.7. The summed E-state index contributed by atoms with van der Waals surface area (Å²) in [5.74, 6) is 0.992. The lowest BCUT2D eigenvalue weighted by Gasteiger charge is -2.11. The highest BCUT2D eigenvalue weighted by molar-refractivity contribution is 6.28. The van der Waals surface area contributed by atoms with Gasteiger partial charge in [-0.25, -0.2) is 4.98 Å². The number of hydrogen-bond acceptors (Lipinski definition) is 4. The Bertz CT molecular complexity index is 2220. The van der Waals surface area contributed by atoms with Gasteiger partial charge in [0.15, 0.2) is 11.6 Å². The summed E-state index contributed by atoms with van der Waals surface area (Å²) in [6.45, 7) is 0. The average Bonchev–Trinajstić information content (AvgIpc) is 3.46. The summed E-state index contributed by atoms with van der Waals surface area (Å²) in [6, 6.07) is 49.7. The third-order valence-electron chi connectivity index (χ3n) is 7.85. The van der Waals surface area contributed by atoms with Crippen molar-refractivity contribution >= 4 is 33.5 Å². The van der Waals surface area contributed by atoms with Crippen LogP contribution < -0.4 is 0 Å². The van der Waals surface area contributed by atoms with E-state index in [1.54, 1.807) is 0 Å². The first-order valence-electron chi connectivity index (χ1n) is 14.4. The van der Waals surface area contributed by atoms with Crippen molar-refractivity contribution in [2.75, 3.05) is 0 Å². The lowest BCUT2D eigenvalue weighted by molar-refractivity contribution is 0.669. The summed E-state index contributed by atoms with van der Waals surface area (Å²) >= 11 is 6.54. The number of hydrogen-bond donors (Lipinski definition) is 0. The molecule has 44 heavy (non-hydrogen) atoms. The molecule has 0 fully saturated rings. The zero-order valence-corrected chi connectivity index (χ0v) is 24.2. The summed E-state index contributed by atoms with van der Waals surface area (Å²) in [4.78, 5) is 14.0. The molecule has 0 aliphatic heterocycles. The van der Waals surface area contributed by atoms with Gasteiger partial charge in [-0.2, -0.15) is 9.97 Å². The fourth-order valence-electron chi connectivity index (χ4n) is 5.69. The minimum Gasteiger partial charge on any atom is -0.456 e. The van der Waals surface area contributed by atoms with Crippen molar-refractivity contribution in [3.05, 3.63) is 151 Å². The van der Waals surface area contributed by atoms with Crippen LogP contribution in [0.15, 0.2) is 150 Å². The monoisotopic (exact) mass is 585 g/mol. The Morgan fingerprint density at radius 2 is 0.795 bits per heavy atom. The summed E-state index contributed by atoms with van der Waals surface area (Å²) in [5.41, 5.74) is 9.86. The Morgan fingerprint density at radius 1 is 0.364 bits per heavy atom. The number of halogens is 1. The number of fused-ring (bicyclic) bond motifs is 3. The van der Waals surface area contributed by atoms with Crippen molar-refractivity contribution in [1.82, 2.24) is 15.0 Å². The van der Waals surface area contributed by atoms with Crippen molar-refractivity contribution in [2.24, 2.45) is 0 Å². The average molecular weight is 586 g/mol. The van der Waals surface area contributed by atoms with E-state index in [4.69, 9.17) is 21.0 Å². The van der Waals surface area contributed by atoms with E-state index < -0.39 is 0 Å². The predicted molar refractivity (Wildman–Crippen MR) is 179 cm³/mol. The van der Waals surface area contributed by atoms with Gasteiger partial charge in [0.1, 0.15) is 11.2 Å². The topological polar surface area (TPSA) is 51.8 Å². The Labute approximate surface area is 259 Å². The molecule has 5 heteroatoms. The standard InChI is InChI=1S/C39H24ClN3O/c40-39-42-37(29-17-19-34-33-18-16-28(25-10-4-1-5-11-25)23-35(33)44-36(34)24-29)41-38(43-39)32-21-30(26-12-6-2-7-13-26)20-31(22-32)27-14-8-3-9-15-27/h1-24H. The van der Waals surface area contributed by atoms with Gasteiger partial charge in [0.05, 0.1) is 0 Å². The molecule has 0 radical (unpaired) electrons. The van der Waals surface area contributed by atoms with E-state index in [0.717, 1.165) is 66.4 Å². The minimum atomic E-state index is 0.133. The molecule has 208 valence electrons. The molecule has 6 aromatic carbocycles. The minimum absolute atomic E-state index is 0.133. The zero-order valence-electron chi connectivity index (χ0n) is 23.5. The quantitative estimate of drug-likeness (QED) is 0.201. The molecule has 0 atom stereocenters. The predicted octanol–water partition coefficient (Wildman–Crippen LogP) is 10.8. The van der Waals surface area contributed by atoms with Crippen LogP contribution in [0.5, 0.6) is 0 Å². The first-order chi connectivity index (χ1) is 21.7. The SMILES string of the molecule is Clc1nc(-c2cc(-c3ccccc3)cc(-c3ccccc3)c2)nc(-c2ccc3c(c2)oc2cc(-c4ccccc4)ccc23)n1.